The number of aromatic nitrogens is 1. The summed E-state index contributed by atoms with van der Waals surface area (Å²) in [7, 11) is 0. The van der Waals surface area contributed by atoms with Gasteiger partial charge in [-0.3, -0.25) is 4.79 Å². The van der Waals surface area contributed by atoms with Gasteiger partial charge in [0.2, 0.25) is 0 Å². The maximum Gasteiger partial charge on any atom is 0.307 e. The van der Waals surface area contributed by atoms with Gasteiger partial charge in [-0.25, -0.2) is 4.98 Å². The molecule has 1 atom stereocenters. The molecule has 0 amide bonds. The van der Waals surface area contributed by atoms with Crippen molar-refractivity contribution in [2.75, 3.05) is 5.73 Å². The Morgan fingerprint density at radius 3 is 2.61 bits per heavy atom. The maximum atomic E-state index is 11.4. The van der Waals surface area contributed by atoms with E-state index in [0.29, 0.717) is 17.1 Å². The van der Waals surface area contributed by atoms with Crippen LogP contribution < -0.4 is 10.5 Å². The van der Waals surface area contributed by atoms with Gasteiger partial charge < -0.3 is 15.6 Å². The summed E-state index contributed by atoms with van der Waals surface area (Å²) >= 11 is 0. The number of carboxylic acid groups (broad SMARTS) is 1. The van der Waals surface area contributed by atoms with Gasteiger partial charge in [-0.1, -0.05) is 61.7 Å². The van der Waals surface area contributed by atoms with Gasteiger partial charge in [-0.15, -0.1) is 0 Å². The number of nitrogen functional groups attached to an aromatic ring is 1. The van der Waals surface area contributed by atoms with E-state index < -0.39 is 5.97 Å². The number of rotatable bonds is 5. The highest BCUT2D eigenvalue weighted by molar-refractivity contribution is 5.94. The molecule has 5 nitrogen and oxygen atoms in total. The van der Waals surface area contributed by atoms with E-state index >= 15 is 0 Å². The summed E-state index contributed by atoms with van der Waals surface area (Å²) in [6, 6.07) is 22.6. The third-order valence-electron chi connectivity index (χ3n) is 8.07. The van der Waals surface area contributed by atoms with Gasteiger partial charge in [0.1, 0.15) is 17.7 Å². The minimum absolute atomic E-state index is 0.0481. The van der Waals surface area contributed by atoms with Crippen LogP contribution >= 0.6 is 0 Å². The molecule has 2 aliphatic rings. The normalized spacial score (nSPS) is 18.3. The Kier molecular flexibility index (Phi) is 5.63. The largest absolute Gasteiger partial charge is 0.485 e. The van der Waals surface area contributed by atoms with Gasteiger partial charge in [0.25, 0.3) is 0 Å². The van der Waals surface area contributed by atoms with E-state index in [-0.39, 0.29) is 17.9 Å². The summed E-state index contributed by atoms with van der Waals surface area (Å²) in [5, 5.41) is 11.4. The van der Waals surface area contributed by atoms with Crippen molar-refractivity contribution in [2.45, 2.75) is 56.5 Å². The highest BCUT2D eigenvalue weighted by Crippen LogP contribution is 2.54. The topological polar surface area (TPSA) is 85.4 Å². The first-order chi connectivity index (χ1) is 17.5. The molecule has 182 valence electrons. The minimum Gasteiger partial charge on any atom is -0.485 e. The quantitative estimate of drug-likeness (QED) is 0.328. The van der Waals surface area contributed by atoms with Crippen LogP contribution in [0.5, 0.6) is 5.75 Å². The molecule has 0 aliphatic heterocycles. The molecule has 1 unspecified atom stereocenters. The first kappa shape index (κ1) is 22.6. The predicted octanol–water partition coefficient (Wildman–Crippen LogP) is 6.84. The Morgan fingerprint density at radius 1 is 1.00 bits per heavy atom. The van der Waals surface area contributed by atoms with Crippen LogP contribution in [0.2, 0.25) is 0 Å². The number of fused-ring (bicyclic) bond motifs is 3. The molecule has 5 heteroatoms. The molecular formula is C31H30N2O3. The number of hydrogen-bond donors (Lipinski definition) is 2. The highest BCUT2D eigenvalue weighted by atomic mass is 16.5. The molecule has 1 fully saturated rings. The van der Waals surface area contributed by atoms with E-state index in [1.807, 2.05) is 30.3 Å². The molecule has 0 saturated heterocycles. The number of hydrogen-bond acceptors (Lipinski definition) is 4. The number of pyridine rings is 1. The van der Waals surface area contributed by atoms with Crippen molar-refractivity contribution in [1.29, 1.82) is 0 Å². The van der Waals surface area contributed by atoms with E-state index in [4.69, 9.17) is 10.5 Å². The molecule has 36 heavy (non-hydrogen) atoms. The number of nitrogens with zero attached hydrogens (tertiary/aromatic N) is 1. The van der Waals surface area contributed by atoms with Crippen molar-refractivity contribution in [3.63, 3.8) is 0 Å². The minimum atomic E-state index is -0.853. The van der Waals surface area contributed by atoms with E-state index in [9.17, 15) is 9.90 Å². The number of anilines is 1. The van der Waals surface area contributed by atoms with Crippen LogP contribution in [0.4, 0.5) is 5.82 Å². The van der Waals surface area contributed by atoms with Gasteiger partial charge in [-0.2, -0.15) is 0 Å². The monoisotopic (exact) mass is 478 g/mol. The Balaban J connectivity index is 1.42. The van der Waals surface area contributed by atoms with Crippen molar-refractivity contribution >= 4 is 22.6 Å². The Hall–Kier alpha value is -3.86. The summed E-state index contributed by atoms with van der Waals surface area (Å²) in [6.45, 7) is 0. The fourth-order valence-electron chi connectivity index (χ4n) is 6.33. The Labute approximate surface area is 210 Å². The zero-order chi connectivity index (χ0) is 24.7. The lowest BCUT2D eigenvalue weighted by atomic mass is 9.70. The second-order valence-corrected chi connectivity index (χ2v) is 10.3. The Morgan fingerprint density at radius 2 is 1.78 bits per heavy atom. The first-order valence-corrected chi connectivity index (χ1v) is 12.8. The molecule has 0 bridgehead atoms. The number of benzene rings is 3. The molecule has 1 saturated carbocycles. The van der Waals surface area contributed by atoms with Crippen LogP contribution in [0.1, 0.15) is 61.3 Å². The SMILES string of the molecule is Nc1nccc2ccc(-c3ccc4c(c3)C(Oc3ccccc3CC(=O)O)CC43CCCCC3)cc12. The van der Waals surface area contributed by atoms with Crippen LogP contribution in [0.15, 0.2) is 72.9 Å². The number of para-hydroxylation sites is 1. The van der Waals surface area contributed by atoms with Gasteiger partial charge in [0, 0.05) is 17.1 Å². The average Bonchev–Trinajstić information content (AvgIpc) is 3.17. The molecule has 3 aromatic carbocycles. The first-order valence-electron chi connectivity index (χ1n) is 12.8. The van der Waals surface area contributed by atoms with Crippen LogP contribution in [0.25, 0.3) is 21.9 Å². The number of carboxylic acids is 1. The fraction of sp³-hybridized carbons (Fsp3) is 0.290. The zero-order valence-electron chi connectivity index (χ0n) is 20.2. The second kappa shape index (κ2) is 8.98. The van der Waals surface area contributed by atoms with Crippen molar-refractivity contribution in [2.24, 2.45) is 0 Å². The van der Waals surface area contributed by atoms with E-state index in [1.165, 1.54) is 43.2 Å². The molecule has 2 aliphatic carbocycles. The highest BCUT2D eigenvalue weighted by Gasteiger charge is 2.45. The number of ether oxygens (including phenoxy) is 1. The lowest BCUT2D eigenvalue weighted by Gasteiger charge is -2.34. The molecule has 3 N–H and O–H groups in total. The van der Waals surface area contributed by atoms with Gasteiger partial charge in [-0.05, 0) is 76.6 Å². The summed E-state index contributed by atoms with van der Waals surface area (Å²) < 4.78 is 6.65. The van der Waals surface area contributed by atoms with E-state index in [0.717, 1.165) is 28.3 Å². The van der Waals surface area contributed by atoms with E-state index in [2.05, 4.69) is 41.4 Å². The number of carbonyl (C=O) groups is 1. The molecule has 6 rings (SSSR count). The summed E-state index contributed by atoms with van der Waals surface area (Å²) in [5.74, 6) is 0.348. The van der Waals surface area contributed by atoms with Crippen LogP contribution in [-0.2, 0) is 16.6 Å². The average molecular weight is 479 g/mol. The standard InChI is InChI=1S/C31H30N2O3/c32-30-24-16-21(9-8-20(24)12-15-33-30)22-10-11-26-25(17-22)28(19-31(26)13-4-1-5-14-31)36-27-7-3-2-6-23(27)18-29(34)35/h2-3,6-12,15-17,28H,1,4-5,13-14,18-19H2,(H2,32,33)(H,34,35). The Bertz CT molecular complexity index is 1460. The fourth-order valence-corrected chi connectivity index (χ4v) is 6.33. The van der Waals surface area contributed by atoms with Gasteiger partial charge in [0.15, 0.2) is 0 Å². The lowest BCUT2D eigenvalue weighted by molar-refractivity contribution is -0.136. The van der Waals surface area contributed by atoms with Crippen LogP contribution in [0, 0.1) is 0 Å². The number of aliphatic carboxylic acids is 1. The maximum absolute atomic E-state index is 11.4. The summed E-state index contributed by atoms with van der Waals surface area (Å²) in [5.41, 5.74) is 11.9. The number of nitrogens with two attached hydrogens (primary N) is 1. The lowest BCUT2D eigenvalue weighted by Crippen LogP contribution is -2.26. The molecule has 1 aromatic heterocycles. The van der Waals surface area contributed by atoms with Crippen molar-refractivity contribution in [1.82, 2.24) is 4.98 Å². The van der Waals surface area contributed by atoms with Crippen molar-refractivity contribution in [3.05, 3.63) is 89.6 Å². The van der Waals surface area contributed by atoms with E-state index in [1.54, 1.807) is 6.20 Å². The molecule has 1 spiro atoms. The van der Waals surface area contributed by atoms with Gasteiger partial charge in [0.05, 0.1) is 6.42 Å². The summed E-state index contributed by atoms with van der Waals surface area (Å²) in [6.07, 6.45) is 8.62. The molecule has 1 heterocycles. The molecule has 4 aromatic rings. The van der Waals surface area contributed by atoms with Crippen LogP contribution in [0.3, 0.4) is 0 Å². The third-order valence-corrected chi connectivity index (χ3v) is 8.07. The molecular weight excluding hydrogens is 448 g/mol. The second-order valence-electron chi connectivity index (χ2n) is 10.3. The molecule has 0 radical (unpaired) electrons. The smallest absolute Gasteiger partial charge is 0.307 e. The predicted molar refractivity (Wildman–Crippen MR) is 142 cm³/mol. The third kappa shape index (κ3) is 3.98. The van der Waals surface area contributed by atoms with Gasteiger partial charge >= 0.3 is 5.97 Å². The van der Waals surface area contributed by atoms with Crippen LogP contribution in [-0.4, -0.2) is 16.1 Å². The van der Waals surface area contributed by atoms with Crippen molar-refractivity contribution in [3.8, 4) is 16.9 Å². The van der Waals surface area contributed by atoms with Crippen molar-refractivity contribution < 1.29 is 14.6 Å². The summed E-state index contributed by atoms with van der Waals surface area (Å²) in [4.78, 5) is 15.7. The zero-order valence-corrected chi connectivity index (χ0v) is 20.2.